The van der Waals surface area contributed by atoms with Gasteiger partial charge in [0.2, 0.25) is 0 Å². The van der Waals surface area contributed by atoms with Gasteiger partial charge in [0.1, 0.15) is 0 Å². The second-order valence-corrected chi connectivity index (χ2v) is 8.51. The average Bonchev–Trinajstić information content (AvgIpc) is 3.44. The van der Waals surface area contributed by atoms with Gasteiger partial charge in [-0.3, -0.25) is 4.90 Å². The van der Waals surface area contributed by atoms with E-state index in [1.807, 2.05) is 12.1 Å². The van der Waals surface area contributed by atoms with Crippen molar-refractivity contribution < 1.29 is 9.47 Å². The van der Waals surface area contributed by atoms with Crippen molar-refractivity contribution in [3.8, 4) is 11.5 Å². The van der Waals surface area contributed by atoms with Gasteiger partial charge in [-0.2, -0.15) is 15.0 Å². The quantitative estimate of drug-likeness (QED) is 0.420. The number of rotatable bonds is 7. The zero-order valence-corrected chi connectivity index (χ0v) is 19.0. The van der Waals surface area contributed by atoms with E-state index in [1.165, 1.54) is 16.6 Å². The zero-order valence-electron chi connectivity index (χ0n) is 18.2. The highest BCUT2D eigenvalue weighted by Crippen LogP contribution is 2.40. The summed E-state index contributed by atoms with van der Waals surface area (Å²) >= 11 is 6.28. The Kier molecular flexibility index (Phi) is 5.76. The van der Waals surface area contributed by atoms with E-state index in [4.69, 9.17) is 21.1 Å². The van der Waals surface area contributed by atoms with Crippen molar-refractivity contribution in [3.05, 3.63) is 70.6 Å². The fourth-order valence-electron chi connectivity index (χ4n) is 4.52. The topological polar surface area (TPSA) is 68.2 Å². The smallest absolute Gasteiger partial charge is 0.161 e. The van der Waals surface area contributed by atoms with E-state index < -0.39 is 0 Å². The molecular weight excluding hydrogens is 426 g/mol. The number of hydrogen-bond acceptors (Lipinski definition) is 5. The van der Waals surface area contributed by atoms with E-state index in [-0.39, 0.29) is 6.04 Å². The molecule has 2 aromatic heterocycles. The Labute approximate surface area is 191 Å². The van der Waals surface area contributed by atoms with Crippen molar-refractivity contribution in [2.45, 2.75) is 25.4 Å². The number of ether oxygens (including phenoxy) is 2. The molecule has 1 aliphatic rings. The van der Waals surface area contributed by atoms with Crippen LogP contribution in [0.25, 0.3) is 10.9 Å². The predicted molar refractivity (Wildman–Crippen MR) is 125 cm³/mol. The molecule has 2 aromatic carbocycles. The number of methoxy groups -OCH3 is 1. The summed E-state index contributed by atoms with van der Waals surface area (Å²) in [6, 6.07) is 12.4. The monoisotopic (exact) mass is 451 g/mol. The Balaban J connectivity index is 1.39. The fraction of sp³-hybridized carbons (Fsp3) is 0.333. The van der Waals surface area contributed by atoms with Crippen molar-refractivity contribution in [2.75, 3.05) is 27.3 Å². The summed E-state index contributed by atoms with van der Waals surface area (Å²) in [5.74, 6) is 1.48. The van der Waals surface area contributed by atoms with E-state index in [9.17, 15) is 0 Å². The molecule has 0 radical (unpaired) electrons. The van der Waals surface area contributed by atoms with Crippen molar-refractivity contribution in [1.82, 2.24) is 24.9 Å². The molecule has 1 unspecified atom stereocenters. The highest BCUT2D eigenvalue weighted by Gasteiger charge is 2.30. The Hall–Kier alpha value is -3.03. The number of nitrogens with zero attached hydrogens (tertiary/aromatic N) is 4. The van der Waals surface area contributed by atoms with Gasteiger partial charge in [-0.15, -0.1) is 0 Å². The van der Waals surface area contributed by atoms with Crippen molar-refractivity contribution in [3.63, 3.8) is 0 Å². The normalized spacial score (nSPS) is 16.3. The van der Waals surface area contributed by atoms with Gasteiger partial charge in [-0.05, 0) is 54.9 Å². The summed E-state index contributed by atoms with van der Waals surface area (Å²) in [5, 5.41) is 10.2. The third-order valence-corrected chi connectivity index (χ3v) is 6.30. The highest BCUT2D eigenvalue weighted by atomic mass is 35.5. The van der Waals surface area contributed by atoms with Crippen LogP contribution in [0.3, 0.4) is 0 Å². The van der Waals surface area contributed by atoms with Crippen molar-refractivity contribution >= 4 is 22.5 Å². The van der Waals surface area contributed by atoms with Crippen LogP contribution in [0, 0.1) is 0 Å². The van der Waals surface area contributed by atoms with Crippen molar-refractivity contribution in [2.24, 2.45) is 0 Å². The molecular formula is C24H26ClN5O2. The number of fused-ring (bicyclic) bond motifs is 3. The molecule has 0 fully saturated rings. The number of aromatic amines is 1. The standard InChI is InChI=1S/C24H26ClN5O2/c1-29-12-8-18-19-15-17(25)5-6-20(19)28-23(18)24(29)16-4-7-21(22(14-16)31-2)32-13-3-11-30-26-9-10-27-30/h4-7,9-10,14-15,24,28H,3,8,11-13H2,1-2H3. The second kappa shape index (κ2) is 8.84. The molecule has 1 N–H and O–H groups in total. The van der Waals surface area contributed by atoms with Gasteiger partial charge >= 0.3 is 0 Å². The van der Waals surface area contributed by atoms with Crippen LogP contribution in [-0.4, -0.2) is 52.2 Å². The fourth-order valence-corrected chi connectivity index (χ4v) is 4.69. The second-order valence-electron chi connectivity index (χ2n) is 8.08. The van der Waals surface area contributed by atoms with E-state index >= 15 is 0 Å². The third kappa shape index (κ3) is 3.94. The Morgan fingerprint density at radius 2 is 1.97 bits per heavy atom. The van der Waals surface area contributed by atoms with Gasteiger partial charge in [-0.1, -0.05) is 17.7 Å². The number of nitrogens with one attached hydrogen (secondary N) is 1. The van der Waals surface area contributed by atoms with Gasteiger partial charge in [0.15, 0.2) is 11.5 Å². The molecule has 0 bridgehead atoms. The molecule has 32 heavy (non-hydrogen) atoms. The first-order valence-electron chi connectivity index (χ1n) is 10.8. The van der Waals surface area contributed by atoms with E-state index in [2.05, 4.69) is 51.4 Å². The molecule has 4 aromatic rings. The lowest BCUT2D eigenvalue weighted by Crippen LogP contribution is -2.32. The summed E-state index contributed by atoms with van der Waals surface area (Å²) in [6.45, 7) is 2.25. The highest BCUT2D eigenvalue weighted by molar-refractivity contribution is 6.31. The Bertz CT molecular complexity index is 1220. The minimum atomic E-state index is 0.110. The lowest BCUT2D eigenvalue weighted by molar-refractivity contribution is 0.258. The molecule has 1 atom stereocenters. The molecule has 8 heteroatoms. The number of likely N-dealkylation sites (N-methyl/N-ethyl adjacent to an activating group) is 1. The zero-order chi connectivity index (χ0) is 22.1. The summed E-state index contributed by atoms with van der Waals surface area (Å²) in [5.41, 5.74) is 4.85. The molecule has 0 spiro atoms. The van der Waals surface area contributed by atoms with Crippen molar-refractivity contribution in [1.29, 1.82) is 0 Å². The number of benzene rings is 2. The van der Waals surface area contributed by atoms with Crippen LogP contribution in [0.1, 0.15) is 29.3 Å². The van der Waals surface area contributed by atoms with Crippen LogP contribution in [0.15, 0.2) is 48.8 Å². The molecule has 3 heterocycles. The first-order valence-corrected chi connectivity index (χ1v) is 11.2. The van der Waals surface area contributed by atoms with E-state index in [1.54, 1.807) is 24.3 Å². The lowest BCUT2D eigenvalue weighted by atomic mass is 9.92. The molecule has 0 aliphatic carbocycles. The summed E-state index contributed by atoms with van der Waals surface area (Å²) in [7, 11) is 3.84. The first kappa shape index (κ1) is 20.8. The summed E-state index contributed by atoms with van der Waals surface area (Å²) in [6.07, 6.45) is 5.16. The summed E-state index contributed by atoms with van der Waals surface area (Å²) < 4.78 is 11.7. The van der Waals surface area contributed by atoms with Crippen LogP contribution >= 0.6 is 11.6 Å². The molecule has 0 saturated heterocycles. The van der Waals surface area contributed by atoms with Gasteiger partial charge in [0.05, 0.1) is 38.7 Å². The van der Waals surface area contributed by atoms with E-state index in [0.717, 1.165) is 47.0 Å². The van der Waals surface area contributed by atoms with Crippen LogP contribution in [-0.2, 0) is 13.0 Å². The third-order valence-electron chi connectivity index (χ3n) is 6.06. The van der Waals surface area contributed by atoms with Gasteiger partial charge in [0.25, 0.3) is 0 Å². The molecule has 5 rings (SSSR count). The maximum atomic E-state index is 6.28. The Morgan fingerprint density at radius 1 is 1.12 bits per heavy atom. The lowest BCUT2D eigenvalue weighted by Gasteiger charge is -2.33. The summed E-state index contributed by atoms with van der Waals surface area (Å²) in [4.78, 5) is 7.67. The number of hydrogen-bond donors (Lipinski definition) is 1. The van der Waals surface area contributed by atoms with Crippen LogP contribution < -0.4 is 9.47 Å². The van der Waals surface area contributed by atoms with E-state index in [0.29, 0.717) is 13.2 Å². The SMILES string of the molecule is COc1cc(C2c3[nH]c4ccc(Cl)cc4c3CCN2C)ccc1OCCCn1nccn1. The number of aryl methyl sites for hydroxylation is 1. The van der Waals surface area contributed by atoms with Gasteiger partial charge in [-0.25, -0.2) is 0 Å². The molecule has 0 amide bonds. The van der Waals surface area contributed by atoms with Crippen LogP contribution in [0.2, 0.25) is 5.02 Å². The number of halogens is 1. The maximum absolute atomic E-state index is 6.28. The maximum Gasteiger partial charge on any atom is 0.161 e. The van der Waals surface area contributed by atoms with Gasteiger partial charge < -0.3 is 14.5 Å². The van der Waals surface area contributed by atoms with Crippen LogP contribution in [0.4, 0.5) is 0 Å². The van der Waals surface area contributed by atoms with Gasteiger partial charge in [0, 0.05) is 34.6 Å². The van der Waals surface area contributed by atoms with Crippen LogP contribution in [0.5, 0.6) is 11.5 Å². The first-order chi connectivity index (χ1) is 15.6. The molecule has 0 saturated carbocycles. The number of H-pyrrole nitrogens is 1. The number of aromatic nitrogens is 4. The predicted octanol–water partition coefficient (Wildman–Crippen LogP) is 4.47. The molecule has 1 aliphatic heterocycles. The Morgan fingerprint density at radius 3 is 2.78 bits per heavy atom. The largest absolute Gasteiger partial charge is 0.493 e. The molecule has 7 nitrogen and oxygen atoms in total. The minimum absolute atomic E-state index is 0.110. The average molecular weight is 452 g/mol. The minimum Gasteiger partial charge on any atom is -0.493 e. The molecule has 166 valence electrons.